The smallest absolute Gasteiger partial charge is 0.0495 e. The Morgan fingerprint density at radius 3 is 2.58 bits per heavy atom. The number of rotatable bonds is 3. The van der Waals surface area contributed by atoms with Gasteiger partial charge >= 0.3 is 0 Å². The third kappa shape index (κ3) is 3.26. The topological polar surface area (TPSA) is 3.24 Å². The highest BCUT2D eigenvalue weighted by molar-refractivity contribution is 6.35. The minimum atomic E-state index is 0.513. The van der Waals surface area contributed by atoms with Gasteiger partial charge < -0.3 is 0 Å². The molecule has 0 radical (unpaired) electrons. The van der Waals surface area contributed by atoms with Crippen molar-refractivity contribution in [3.05, 3.63) is 75.8 Å². The van der Waals surface area contributed by atoms with Crippen molar-refractivity contribution in [2.45, 2.75) is 44.3 Å². The number of hydrogen-bond donors (Lipinski definition) is 0. The van der Waals surface area contributed by atoms with Crippen LogP contribution < -0.4 is 0 Å². The average Bonchev–Trinajstić information content (AvgIpc) is 2.56. The average molecular weight is 358 g/mol. The van der Waals surface area contributed by atoms with Crippen LogP contribution in [0.25, 0.3) is 5.57 Å². The van der Waals surface area contributed by atoms with Crippen LogP contribution in [0.4, 0.5) is 0 Å². The zero-order valence-corrected chi connectivity index (χ0v) is 15.1. The van der Waals surface area contributed by atoms with E-state index in [-0.39, 0.29) is 0 Å². The van der Waals surface area contributed by atoms with E-state index in [0.29, 0.717) is 17.1 Å². The molecule has 0 aliphatic carbocycles. The SMILES string of the molecule is Clc1ccc(C2=CC3CCCC(C2)N3Cc2ccccc2)c(Cl)c1. The molecule has 0 saturated carbocycles. The molecular weight excluding hydrogens is 337 g/mol. The Hall–Kier alpha value is -1.28. The highest BCUT2D eigenvalue weighted by atomic mass is 35.5. The Kier molecular flexibility index (Phi) is 4.67. The Morgan fingerprint density at radius 2 is 1.83 bits per heavy atom. The summed E-state index contributed by atoms with van der Waals surface area (Å²) >= 11 is 12.5. The van der Waals surface area contributed by atoms with Gasteiger partial charge in [-0.05, 0) is 48.1 Å². The van der Waals surface area contributed by atoms with E-state index in [4.69, 9.17) is 23.2 Å². The summed E-state index contributed by atoms with van der Waals surface area (Å²) in [6, 6.07) is 17.8. The van der Waals surface area contributed by atoms with Crippen LogP contribution in [0, 0.1) is 0 Å². The minimum absolute atomic E-state index is 0.513. The summed E-state index contributed by atoms with van der Waals surface area (Å²) in [5.41, 5.74) is 3.93. The third-order valence-electron chi connectivity index (χ3n) is 5.27. The molecule has 124 valence electrons. The molecule has 2 unspecified atom stereocenters. The van der Waals surface area contributed by atoms with Gasteiger partial charge in [0.1, 0.15) is 0 Å². The first kappa shape index (κ1) is 16.2. The summed E-state index contributed by atoms with van der Waals surface area (Å²) in [6.07, 6.45) is 7.33. The van der Waals surface area contributed by atoms with Crippen LogP contribution >= 0.6 is 23.2 Å². The summed E-state index contributed by atoms with van der Waals surface area (Å²) in [4.78, 5) is 2.67. The van der Waals surface area contributed by atoms with E-state index in [1.54, 1.807) is 0 Å². The maximum Gasteiger partial charge on any atom is 0.0495 e. The van der Waals surface area contributed by atoms with E-state index in [2.05, 4.69) is 47.4 Å². The number of fused-ring (bicyclic) bond motifs is 2. The van der Waals surface area contributed by atoms with Gasteiger partial charge in [-0.25, -0.2) is 0 Å². The van der Waals surface area contributed by atoms with Gasteiger partial charge in [0.15, 0.2) is 0 Å². The van der Waals surface area contributed by atoms with E-state index < -0.39 is 0 Å². The Morgan fingerprint density at radius 1 is 1.00 bits per heavy atom. The summed E-state index contributed by atoms with van der Waals surface area (Å²) in [5.74, 6) is 0. The van der Waals surface area contributed by atoms with Crippen LogP contribution in [-0.4, -0.2) is 17.0 Å². The predicted molar refractivity (Wildman–Crippen MR) is 102 cm³/mol. The molecule has 2 aliphatic rings. The Bertz CT molecular complexity index is 754. The van der Waals surface area contributed by atoms with Crippen LogP contribution in [0.3, 0.4) is 0 Å². The lowest BCUT2D eigenvalue weighted by molar-refractivity contribution is 0.0951. The number of benzene rings is 2. The van der Waals surface area contributed by atoms with Crippen molar-refractivity contribution in [1.82, 2.24) is 4.90 Å². The number of halogens is 2. The van der Waals surface area contributed by atoms with Gasteiger partial charge in [-0.1, -0.05) is 72.1 Å². The zero-order valence-electron chi connectivity index (χ0n) is 13.6. The van der Waals surface area contributed by atoms with E-state index >= 15 is 0 Å². The minimum Gasteiger partial charge on any atom is -0.289 e. The van der Waals surface area contributed by atoms with Crippen molar-refractivity contribution in [3.8, 4) is 0 Å². The second kappa shape index (κ2) is 6.92. The quantitative estimate of drug-likeness (QED) is 0.631. The van der Waals surface area contributed by atoms with Gasteiger partial charge in [-0.2, -0.15) is 0 Å². The zero-order chi connectivity index (χ0) is 16.5. The normalized spacial score (nSPS) is 23.8. The van der Waals surface area contributed by atoms with Gasteiger partial charge in [0.05, 0.1) is 0 Å². The van der Waals surface area contributed by atoms with E-state index in [1.165, 1.54) is 30.4 Å². The van der Waals surface area contributed by atoms with Gasteiger partial charge in [0.25, 0.3) is 0 Å². The summed E-state index contributed by atoms with van der Waals surface area (Å²) in [6.45, 7) is 1.04. The fourth-order valence-corrected chi connectivity index (χ4v) is 4.64. The lowest BCUT2D eigenvalue weighted by Crippen LogP contribution is -2.47. The molecule has 1 saturated heterocycles. The molecule has 1 fully saturated rings. The van der Waals surface area contributed by atoms with Crippen molar-refractivity contribution in [2.75, 3.05) is 0 Å². The molecular formula is C21H21Cl2N. The Balaban J connectivity index is 1.62. The molecule has 4 rings (SSSR count). The van der Waals surface area contributed by atoms with Crippen LogP contribution in [0.1, 0.15) is 36.8 Å². The molecule has 0 amide bonds. The fraction of sp³-hybridized carbons (Fsp3) is 0.333. The molecule has 2 aromatic carbocycles. The molecule has 0 N–H and O–H groups in total. The molecule has 0 spiro atoms. The molecule has 2 aromatic rings. The van der Waals surface area contributed by atoms with Gasteiger partial charge in [-0.3, -0.25) is 4.90 Å². The number of hydrogen-bond acceptors (Lipinski definition) is 1. The first-order chi connectivity index (χ1) is 11.7. The van der Waals surface area contributed by atoms with Gasteiger partial charge in [0.2, 0.25) is 0 Å². The van der Waals surface area contributed by atoms with Crippen molar-refractivity contribution >= 4 is 28.8 Å². The predicted octanol–water partition coefficient (Wildman–Crippen LogP) is 6.20. The Labute approximate surface area is 153 Å². The monoisotopic (exact) mass is 357 g/mol. The molecule has 2 aliphatic heterocycles. The lowest BCUT2D eigenvalue weighted by atomic mass is 9.82. The lowest BCUT2D eigenvalue weighted by Gasteiger charge is -2.45. The summed E-state index contributed by atoms with van der Waals surface area (Å²) in [5, 5.41) is 1.47. The molecule has 24 heavy (non-hydrogen) atoms. The summed E-state index contributed by atoms with van der Waals surface area (Å²) in [7, 11) is 0. The van der Waals surface area contributed by atoms with Gasteiger partial charge in [0, 0.05) is 28.7 Å². The molecule has 1 nitrogen and oxygen atoms in total. The van der Waals surface area contributed by atoms with Crippen LogP contribution in [-0.2, 0) is 6.54 Å². The molecule has 2 bridgehead atoms. The second-order valence-corrected chi connectivity index (χ2v) is 7.67. The highest BCUT2D eigenvalue weighted by Crippen LogP contribution is 2.40. The van der Waals surface area contributed by atoms with E-state index in [1.807, 2.05) is 12.1 Å². The van der Waals surface area contributed by atoms with E-state index in [0.717, 1.165) is 23.6 Å². The van der Waals surface area contributed by atoms with Crippen LogP contribution in [0.5, 0.6) is 0 Å². The van der Waals surface area contributed by atoms with Crippen molar-refractivity contribution < 1.29 is 0 Å². The van der Waals surface area contributed by atoms with Crippen molar-refractivity contribution in [3.63, 3.8) is 0 Å². The first-order valence-electron chi connectivity index (χ1n) is 8.66. The highest BCUT2D eigenvalue weighted by Gasteiger charge is 2.34. The van der Waals surface area contributed by atoms with E-state index in [9.17, 15) is 0 Å². The van der Waals surface area contributed by atoms with Crippen molar-refractivity contribution in [1.29, 1.82) is 0 Å². The maximum absolute atomic E-state index is 6.45. The molecule has 0 aromatic heterocycles. The standard InChI is InChI=1S/C21H21Cl2N/c22-17-9-10-20(21(23)13-17)16-11-18-7-4-8-19(12-16)24(18)14-15-5-2-1-3-6-15/h1-3,5-6,9-11,13,18-19H,4,7-8,12,14H2. The van der Waals surface area contributed by atoms with Crippen molar-refractivity contribution in [2.24, 2.45) is 0 Å². The molecule has 2 atom stereocenters. The number of piperidine rings is 1. The van der Waals surface area contributed by atoms with Gasteiger partial charge in [-0.15, -0.1) is 0 Å². The maximum atomic E-state index is 6.45. The largest absolute Gasteiger partial charge is 0.289 e. The second-order valence-electron chi connectivity index (χ2n) is 6.83. The first-order valence-corrected chi connectivity index (χ1v) is 9.42. The molecule has 3 heteroatoms. The molecule has 2 heterocycles. The third-order valence-corrected chi connectivity index (χ3v) is 5.81. The fourth-order valence-electron chi connectivity index (χ4n) is 4.11. The van der Waals surface area contributed by atoms with Crippen LogP contribution in [0.2, 0.25) is 10.0 Å². The summed E-state index contributed by atoms with van der Waals surface area (Å²) < 4.78 is 0. The van der Waals surface area contributed by atoms with Crippen LogP contribution in [0.15, 0.2) is 54.6 Å². The number of nitrogens with zero attached hydrogens (tertiary/aromatic N) is 1.